The first-order valence-electron chi connectivity index (χ1n) is 5.78. The van der Waals surface area contributed by atoms with Crippen molar-refractivity contribution < 1.29 is 9.66 Å². The highest BCUT2D eigenvalue weighted by molar-refractivity contribution is 5.47. The van der Waals surface area contributed by atoms with Gasteiger partial charge in [-0.25, -0.2) is 0 Å². The smallest absolute Gasteiger partial charge is 0.327 e. The standard InChI is InChI=1S/C12H13N5O3/c1-8-13-11(16(2)3)15-12(14-8)20-10-7-5-4-6-9(10)17(18)19/h4-7H,1-3H3. The van der Waals surface area contributed by atoms with E-state index < -0.39 is 4.92 Å². The third-order valence-corrected chi connectivity index (χ3v) is 2.38. The molecule has 0 N–H and O–H groups in total. The number of para-hydroxylation sites is 2. The molecule has 1 heterocycles. The fraction of sp³-hybridized carbons (Fsp3) is 0.250. The molecule has 8 heteroatoms. The average molecular weight is 275 g/mol. The number of nitro groups is 1. The second-order valence-electron chi connectivity index (χ2n) is 4.19. The Balaban J connectivity index is 2.38. The Morgan fingerprint density at radius 3 is 2.55 bits per heavy atom. The maximum absolute atomic E-state index is 10.9. The number of anilines is 1. The molecule has 0 aliphatic rings. The van der Waals surface area contributed by atoms with Crippen molar-refractivity contribution in [2.75, 3.05) is 19.0 Å². The molecule has 1 aromatic heterocycles. The van der Waals surface area contributed by atoms with Crippen LogP contribution in [0.2, 0.25) is 0 Å². The Hall–Kier alpha value is -2.77. The largest absolute Gasteiger partial charge is 0.417 e. The van der Waals surface area contributed by atoms with Gasteiger partial charge in [-0.05, 0) is 13.0 Å². The highest BCUT2D eigenvalue weighted by Gasteiger charge is 2.16. The molecule has 1 aromatic carbocycles. The fourth-order valence-electron chi connectivity index (χ4n) is 1.48. The van der Waals surface area contributed by atoms with Crippen molar-refractivity contribution >= 4 is 11.6 Å². The molecule has 0 amide bonds. The van der Waals surface area contributed by atoms with Crippen LogP contribution < -0.4 is 9.64 Å². The molecule has 0 bridgehead atoms. The zero-order valence-corrected chi connectivity index (χ0v) is 11.3. The highest BCUT2D eigenvalue weighted by atomic mass is 16.6. The minimum absolute atomic E-state index is 0.0236. The Kier molecular flexibility index (Phi) is 3.74. The Morgan fingerprint density at radius 1 is 1.20 bits per heavy atom. The highest BCUT2D eigenvalue weighted by Crippen LogP contribution is 2.29. The summed E-state index contributed by atoms with van der Waals surface area (Å²) in [6.07, 6.45) is 0. The van der Waals surface area contributed by atoms with Crippen molar-refractivity contribution in [3.05, 3.63) is 40.2 Å². The third kappa shape index (κ3) is 2.97. The van der Waals surface area contributed by atoms with E-state index in [1.807, 2.05) is 0 Å². The van der Waals surface area contributed by atoms with E-state index in [0.29, 0.717) is 11.8 Å². The van der Waals surface area contributed by atoms with Crippen molar-refractivity contribution in [3.63, 3.8) is 0 Å². The predicted octanol–water partition coefficient (Wildman–Crippen LogP) is 1.95. The maximum atomic E-state index is 10.9. The predicted molar refractivity (Wildman–Crippen MR) is 72.1 cm³/mol. The summed E-state index contributed by atoms with van der Waals surface area (Å²) in [7, 11) is 3.56. The van der Waals surface area contributed by atoms with Crippen LogP contribution in [0.3, 0.4) is 0 Å². The van der Waals surface area contributed by atoms with Gasteiger partial charge in [-0.15, -0.1) is 0 Å². The van der Waals surface area contributed by atoms with E-state index in [-0.39, 0.29) is 17.4 Å². The molecule has 0 fully saturated rings. The molecular formula is C12H13N5O3. The number of rotatable bonds is 4. The van der Waals surface area contributed by atoms with E-state index in [2.05, 4.69) is 15.0 Å². The lowest BCUT2D eigenvalue weighted by Gasteiger charge is -2.11. The van der Waals surface area contributed by atoms with Crippen LogP contribution in [0.5, 0.6) is 11.8 Å². The zero-order chi connectivity index (χ0) is 14.7. The minimum atomic E-state index is -0.518. The van der Waals surface area contributed by atoms with E-state index >= 15 is 0 Å². The van der Waals surface area contributed by atoms with Crippen molar-refractivity contribution in [2.45, 2.75) is 6.92 Å². The first-order chi connectivity index (χ1) is 9.47. The van der Waals surface area contributed by atoms with Gasteiger partial charge in [0.1, 0.15) is 5.82 Å². The zero-order valence-electron chi connectivity index (χ0n) is 11.3. The second kappa shape index (κ2) is 5.47. The van der Waals surface area contributed by atoms with Gasteiger partial charge in [-0.2, -0.15) is 15.0 Å². The molecule has 2 rings (SSSR count). The Morgan fingerprint density at radius 2 is 1.90 bits per heavy atom. The van der Waals surface area contributed by atoms with Crippen molar-refractivity contribution in [2.24, 2.45) is 0 Å². The summed E-state index contributed by atoms with van der Waals surface area (Å²) >= 11 is 0. The first-order valence-corrected chi connectivity index (χ1v) is 5.78. The summed E-state index contributed by atoms with van der Waals surface area (Å²) in [5, 5.41) is 10.9. The molecule has 104 valence electrons. The van der Waals surface area contributed by atoms with Gasteiger partial charge in [0.15, 0.2) is 0 Å². The number of hydrogen-bond acceptors (Lipinski definition) is 7. The number of aryl methyl sites for hydroxylation is 1. The molecule has 0 spiro atoms. The van der Waals surface area contributed by atoms with Gasteiger partial charge in [0.05, 0.1) is 4.92 Å². The molecule has 0 saturated heterocycles. The van der Waals surface area contributed by atoms with Gasteiger partial charge in [-0.3, -0.25) is 10.1 Å². The molecular weight excluding hydrogens is 262 g/mol. The maximum Gasteiger partial charge on any atom is 0.327 e. The van der Waals surface area contributed by atoms with Crippen LogP contribution in [0.1, 0.15) is 5.82 Å². The molecule has 20 heavy (non-hydrogen) atoms. The number of nitrogens with zero attached hydrogens (tertiary/aromatic N) is 5. The number of aromatic nitrogens is 3. The van der Waals surface area contributed by atoms with Crippen LogP contribution in [-0.2, 0) is 0 Å². The quantitative estimate of drug-likeness (QED) is 0.621. The van der Waals surface area contributed by atoms with Crippen LogP contribution in [0, 0.1) is 17.0 Å². The van der Waals surface area contributed by atoms with E-state index in [0.717, 1.165) is 0 Å². The molecule has 0 aliphatic carbocycles. The summed E-state index contributed by atoms with van der Waals surface area (Å²) in [5.41, 5.74) is -0.142. The fourth-order valence-corrected chi connectivity index (χ4v) is 1.48. The van der Waals surface area contributed by atoms with Crippen LogP contribution in [0.25, 0.3) is 0 Å². The van der Waals surface area contributed by atoms with E-state index in [1.165, 1.54) is 12.1 Å². The van der Waals surface area contributed by atoms with Crippen LogP contribution in [0.15, 0.2) is 24.3 Å². The lowest BCUT2D eigenvalue weighted by Crippen LogP contribution is -2.14. The number of benzene rings is 1. The summed E-state index contributed by atoms with van der Waals surface area (Å²) in [4.78, 5) is 24.3. The number of nitro benzene ring substituents is 1. The monoisotopic (exact) mass is 275 g/mol. The Labute approximate surface area is 115 Å². The molecule has 0 unspecified atom stereocenters. The molecule has 0 saturated carbocycles. The van der Waals surface area contributed by atoms with E-state index in [1.54, 1.807) is 38.1 Å². The van der Waals surface area contributed by atoms with Gasteiger partial charge >= 0.3 is 11.7 Å². The van der Waals surface area contributed by atoms with Crippen LogP contribution in [-0.4, -0.2) is 34.0 Å². The van der Waals surface area contributed by atoms with Gasteiger partial charge in [-0.1, -0.05) is 12.1 Å². The third-order valence-electron chi connectivity index (χ3n) is 2.38. The molecule has 2 aromatic rings. The van der Waals surface area contributed by atoms with E-state index in [4.69, 9.17) is 4.74 Å². The van der Waals surface area contributed by atoms with Crippen molar-refractivity contribution in [3.8, 4) is 11.8 Å². The van der Waals surface area contributed by atoms with Crippen LogP contribution >= 0.6 is 0 Å². The lowest BCUT2D eigenvalue weighted by molar-refractivity contribution is -0.385. The summed E-state index contributed by atoms with van der Waals surface area (Å²) in [5.74, 6) is 0.983. The number of hydrogen-bond donors (Lipinski definition) is 0. The average Bonchev–Trinajstić information content (AvgIpc) is 2.38. The molecule has 0 atom stereocenters. The van der Waals surface area contributed by atoms with Crippen LogP contribution in [0.4, 0.5) is 11.6 Å². The van der Waals surface area contributed by atoms with Gasteiger partial charge in [0, 0.05) is 20.2 Å². The topological polar surface area (TPSA) is 94.3 Å². The van der Waals surface area contributed by atoms with Gasteiger partial charge in [0.25, 0.3) is 0 Å². The molecule has 0 radical (unpaired) electrons. The van der Waals surface area contributed by atoms with Crippen molar-refractivity contribution in [1.82, 2.24) is 15.0 Å². The summed E-state index contributed by atoms with van der Waals surface area (Å²) < 4.78 is 5.41. The normalized spacial score (nSPS) is 10.2. The van der Waals surface area contributed by atoms with Gasteiger partial charge in [0.2, 0.25) is 11.7 Å². The van der Waals surface area contributed by atoms with E-state index in [9.17, 15) is 10.1 Å². The molecule has 8 nitrogen and oxygen atoms in total. The Bertz CT molecular complexity index is 645. The molecule has 0 aliphatic heterocycles. The lowest BCUT2D eigenvalue weighted by atomic mass is 10.3. The number of ether oxygens (including phenoxy) is 1. The minimum Gasteiger partial charge on any atom is -0.417 e. The summed E-state index contributed by atoms with van der Waals surface area (Å²) in [6, 6.07) is 6.08. The van der Waals surface area contributed by atoms with Crippen molar-refractivity contribution in [1.29, 1.82) is 0 Å². The first kappa shape index (κ1) is 13.7. The second-order valence-corrected chi connectivity index (χ2v) is 4.19. The van der Waals surface area contributed by atoms with Gasteiger partial charge < -0.3 is 9.64 Å². The summed E-state index contributed by atoms with van der Waals surface area (Å²) in [6.45, 7) is 1.70. The SMILES string of the molecule is Cc1nc(Oc2ccccc2[N+](=O)[O-])nc(N(C)C)n1.